The molecule has 0 aliphatic carbocycles. The molecule has 30 heavy (non-hydrogen) atoms. The number of amides is 1. The number of fused-ring (bicyclic) bond motifs is 1. The first-order valence-corrected chi connectivity index (χ1v) is 9.83. The number of nitrogens with zero attached hydrogens (tertiary/aromatic N) is 1. The van der Waals surface area contributed by atoms with E-state index in [1.165, 1.54) is 0 Å². The number of rotatable bonds is 5. The predicted octanol–water partition coefficient (Wildman–Crippen LogP) is 4.70. The lowest BCUT2D eigenvalue weighted by molar-refractivity contribution is -0.118. The molecule has 0 saturated heterocycles. The predicted molar refractivity (Wildman–Crippen MR) is 117 cm³/mol. The van der Waals surface area contributed by atoms with E-state index in [4.69, 9.17) is 14.2 Å². The summed E-state index contributed by atoms with van der Waals surface area (Å²) < 4.78 is 16.4. The number of ether oxygens (including phenoxy) is 3. The van der Waals surface area contributed by atoms with Gasteiger partial charge in [0.15, 0.2) is 11.5 Å². The number of hydrogen-bond donors (Lipinski definition) is 0. The SMILES string of the molecule is COc1ccc([C@H]2c3cc(OC)c(OC)cc3CC(=O)N2c2ccccc2C)cc1. The Balaban J connectivity index is 1.95. The molecule has 4 rings (SSSR count). The molecular weight excluding hydrogens is 378 g/mol. The van der Waals surface area contributed by atoms with Crippen molar-refractivity contribution >= 4 is 11.6 Å². The second kappa shape index (κ2) is 8.11. The van der Waals surface area contributed by atoms with Crippen LogP contribution in [0.15, 0.2) is 60.7 Å². The molecule has 154 valence electrons. The Morgan fingerprint density at radius 3 is 2.17 bits per heavy atom. The summed E-state index contributed by atoms with van der Waals surface area (Å²) in [7, 11) is 4.88. The van der Waals surface area contributed by atoms with E-state index < -0.39 is 0 Å². The van der Waals surface area contributed by atoms with Crippen molar-refractivity contribution in [3.63, 3.8) is 0 Å². The lowest BCUT2D eigenvalue weighted by Gasteiger charge is -2.38. The van der Waals surface area contributed by atoms with E-state index in [1.807, 2.05) is 72.5 Å². The minimum Gasteiger partial charge on any atom is -0.497 e. The van der Waals surface area contributed by atoms with E-state index in [2.05, 4.69) is 0 Å². The van der Waals surface area contributed by atoms with Crippen molar-refractivity contribution in [2.24, 2.45) is 0 Å². The normalized spacial score (nSPS) is 15.5. The highest BCUT2D eigenvalue weighted by molar-refractivity contribution is 5.99. The quantitative estimate of drug-likeness (QED) is 0.620. The third kappa shape index (κ3) is 3.36. The lowest BCUT2D eigenvalue weighted by atomic mass is 9.86. The summed E-state index contributed by atoms with van der Waals surface area (Å²) in [5, 5.41) is 0. The van der Waals surface area contributed by atoms with Crippen LogP contribution in [0, 0.1) is 6.92 Å². The zero-order chi connectivity index (χ0) is 21.3. The molecule has 0 bridgehead atoms. The van der Waals surface area contributed by atoms with Crippen LogP contribution in [0.4, 0.5) is 5.69 Å². The Morgan fingerprint density at radius 2 is 1.53 bits per heavy atom. The van der Waals surface area contributed by atoms with Gasteiger partial charge in [0.1, 0.15) is 5.75 Å². The van der Waals surface area contributed by atoms with Gasteiger partial charge in [-0.15, -0.1) is 0 Å². The molecule has 0 fully saturated rings. The molecule has 5 heteroatoms. The molecule has 0 aromatic heterocycles. The van der Waals surface area contributed by atoms with Crippen LogP contribution in [0.2, 0.25) is 0 Å². The third-order valence-electron chi connectivity index (χ3n) is 5.62. The highest BCUT2D eigenvalue weighted by Gasteiger charge is 2.36. The fourth-order valence-corrected chi connectivity index (χ4v) is 4.10. The minimum absolute atomic E-state index is 0.0461. The maximum Gasteiger partial charge on any atom is 0.232 e. The number of carbonyl (C=O) groups is 1. The van der Waals surface area contributed by atoms with Crippen molar-refractivity contribution in [3.8, 4) is 17.2 Å². The maximum atomic E-state index is 13.4. The summed E-state index contributed by atoms with van der Waals surface area (Å²) >= 11 is 0. The maximum absolute atomic E-state index is 13.4. The van der Waals surface area contributed by atoms with Gasteiger partial charge in [-0.05, 0) is 59.5 Å². The van der Waals surface area contributed by atoms with E-state index in [1.54, 1.807) is 21.3 Å². The zero-order valence-corrected chi connectivity index (χ0v) is 17.6. The fourth-order valence-electron chi connectivity index (χ4n) is 4.10. The Kier molecular flexibility index (Phi) is 5.36. The van der Waals surface area contributed by atoms with E-state index in [0.29, 0.717) is 17.9 Å². The summed E-state index contributed by atoms with van der Waals surface area (Å²) in [6, 6.07) is 19.4. The van der Waals surface area contributed by atoms with Gasteiger partial charge >= 0.3 is 0 Å². The molecule has 1 amide bonds. The monoisotopic (exact) mass is 403 g/mol. The largest absolute Gasteiger partial charge is 0.497 e. The molecule has 5 nitrogen and oxygen atoms in total. The molecule has 1 aliphatic heterocycles. The van der Waals surface area contributed by atoms with Gasteiger partial charge in [-0.2, -0.15) is 0 Å². The van der Waals surface area contributed by atoms with Crippen molar-refractivity contribution in [1.29, 1.82) is 0 Å². The zero-order valence-electron chi connectivity index (χ0n) is 17.6. The topological polar surface area (TPSA) is 48.0 Å². The van der Waals surface area contributed by atoms with E-state index in [-0.39, 0.29) is 11.9 Å². The third-order valence-corrected chi connectivity index (χ3v) is 5.62. The summed E-state index contributed by atoms with van der Waals surface area (Å²) in [5.41, 5.74) is 4.93. The van der Waals surface area contributed by atoms with Crippen molar-refractivity contribution in [2.45, 2.75) is 19.4 Å². The van der Waals surface area contributed by atoms with Gasteiger partial charge in [-0.1, -0.05) is 30.3 Å². The first kappa shape index (κ1) is 19.8. The highest BCUT2D eigenvalue weighted by Crippen LogP contribution is 2.44. The Bertz CT molecular complexity index is 1080. The van der Waals surface area contributed by atoms with Crippen LogP contribution in [0.5, 0.6) is 17.2 Å². The van der Waals surface area contributed by atoms with Crippen molar-refractivity contribution < 1.29 is 19.0 Å². The number of anilines is 1. The molecule has 0 spiro atoms. The van der Waals surface area contributed by atoms with Crippen LogP contribution in [0.25, 0.3) is 0 Å². The molecule has 3 aromatic carbocycles. The molecule has 0 N–H and O–H groups in total. The van der Waals surface area contributed by atoms with Gasteiger partial charge < -0.3 is 19.1 Å². The van der Waals surface area contributed by atoms with Crippen LogP contribution in [0.3, 0.4) is 0 Å². The number of benzene rings is 3. The van der Waals surface area contributed by atoms with E-state index in [9.17, 15) is 4.79 Å². The van der Waals surface area contributed by atoms with Crippen molar-refractivity contribution in [1.82, 2.24) is 0 Å². The Labute approximate surface area is 176 Å². The average Bonchev–Trinajstić information content (AvgIpc) is 2.78. The highest BCUT2D eigenvalue weighted by atomic mass is 16.5. The summed E-state index contributed by atoms with van der Waals surface area (Å²) in [6.45, 7) is 2.03. The molecule has 3 aromatic rings. The number of hydrogen-bond acceptors (Lipinski definition) is 4. The van der Waals surface area contributed by atoms with Crippen LogP contribution >= 0.6 is 0 Å². The first-order chi connectivity index (χ1) is 14.6. The van der Waals surface area contributed by atoms with Crippen LogP contribution in [-0.2, 0) is 11.2 Å². The van der Waals surface area contributed by atoms with E-state index in [0.717, 1.165) is 33.7 Å². The van der Waals surface area contributed by atoms with Crippen LogP contribution < -0.4 is 19.1 Å². The standard InChI is InChI=1S/C25H25NO4/c1-16-7-5-6-8-21(16)26-24(27)14-18-13-22(29-3)23(30-4)15-20(18)25(26)17-9-11-19(28-2)12-10-17/h5-13,15,25H,14H2,1-4H3/t25-/m0/s1. The number of para-hydroxylation sites is 1. The minimum atomic E-state index is -0.284. The number of methoxy groups -OCH3 is 3. The Morgan fingerprint density at radius 1 is 0.867 bits per heavy atom. The van der Waals surface area contributed by atoms with Crippen LogP contribution in [-0.4, -0.2) is 27.2 Å². The van der Waals surface area contributed by atoms with Gasteiger partial charge in [-0.3, -0.25) is 4.79 Å². The lowest BCUT2D eigenvalue weighted by Crippen LogP contribution is -2.41. The van der Waals surface area contributed by atoms with Crippen molar-refractivity contribution in [3.05, 3.63) is 82.9 Å². The van der Waals surface area contributed by atoms with Gasteiger partial charge in [0.25, 0.3) is 0 Å². The summed E-state index contributed by atoms with van der Waals surface area (Å²) in [4.78, 5) is 15.3. The van der Waals surface area contributed by atoms with Crippen LogP contribution in [0.1, 0.15) is 28.3 Å². The van der Waals surface area contributed by atoms with Crippen molar-refractivity contribution in [2.75, 3.05) is 26.2 Å². The van der Waals surface area contributed by atoms with Gasteiger partial charge in [0, 0.05) is 5.69 Å². The first-order valence-electron chi connectivity index (χ1n) is 9.83. The number of carbonyl (C=O) groups excluding carboxylic acids is 1. The molecule has 0 radical (unpaired) electrons. The van der Waals surface area contributed by atoms with E-state index >= 15 is 0 Å². The van der Waals surface area contributed by atoms with Gasteiger partial charge in [0.05, 0.1) is 33.8 Å². The Hall–Kier alpha value is -3.47. The smallest absolute Gasteiger partial charge is 0.232 e. The number of aryl methyl sites for hydroxylation is 1. The molecule has 1 heterocycles. The fraction of sp³-hybridized carbons (Fsp3) is 0.240. The van der Waals surface area contributed by atoms with Gasteiger partial charge in [-0.25, -0.2) is 0 Å². The molecule has 0 saturated carbocycles. The average molecular weight is 403 g/mol. The molecule has 1 atom stereocenters. The summed E-state index contributed by atoms with van der Waals surface area (Å²) in [5.74, 6) is 2.09. The van der Waals surface area contributed by atoms with Gasteiger partial charge in [0.2, 0.25) is 5.91 Å². The molecular formula is C25H25NO4. The molecule has 1 aliphatic rings. The second-order valence-electron chi connectivity index (χ2n) is 7.31. The second-order valence-corrected chi connectivity index (χ2v) is 7.31. The molecule has 0 unspecified atom stereocenters. The summed E-state index contributed by atoms with van der Waals surface area (Å²) in [6.07, 6.45) is 0.302.